The lowest BCUT2D eigenvalue weighted by molar-refractivity contribution is -0.0469. The predicted octanol–water partition coefficient (Wildman–Crippen LogP) is 4.49. The van der Waals surface area contributed by atoms with Gasteiger partial charge in [-0.1, -0.05) is 34.6 Å². The smallest absolute Gasteiger partial charge is 0.0574 e. The Kier molecular flexibility index (Phi) is 3.10. The van der Waals surface area contributed by atoms with E-state index in [0.717, 1.165) is 24.2 Å². The van der Waals surface area contributed by atoms with Gasteiger partial charge in [-0.15, -0.1) is 0 Å². The molecule has 1 N–H and O–H groups in total. The van der Waals surface area contributed by atoms with E-state index in [1.807, 2.05) is 0 Å². The van der Waals surface area contributed by atoms with Crippen molar-refractivity contribution >= 4 is 0 Å². The predicted molar refractivity (Wildman–Crippen MR) is 79.8 cm³/mol. The standard InChI is InChI=1S/C18H32O/c1-11-8-14(16(19)9-12(11)2)15-10-13-6-7-18(15,5)17(13,3)4/h11-16,19H,6-10H2,1-5H3/t11-,12+,13+,14-,15-,16-,18+/m0/s1. The normalized spacial score (nSPS) is 56.5. The van der Waals surface area contributed by atoms with Crippen LogP contribution in [0.4, 0.5) is 0 Å². The van der Waals surface area contributed by atoms with Crippen LogP contribution < -0.4 is 0 Å². The number of rotatable bonds is 1. The van der Waals surface area contributed by atoms with Crippen molar-refractivity contribution in [3.05, 3.63) is 0 Å². The number of aliphatic hydroxyl groups excluding tert-OH is 1. The van der Waals surface area contributed by atoms with Crippen LogP contribution in [0.2, 0.25) is 0 Å². The lowest BCUT2D eigenvalue weighted by Gasteiger charge is -2.47. The average molecular weight is 264 g/mol. The van der Waals surface area contributed by atoms with Gasteiger partial charge in [-0.3, -0.25) is 0 Å². The van der Waals surface area contributed by atoms with E-state index in [1.165, 1.54) is 25.7 Å². The summed E-state index contributed by atoms with van der Waals surface area (Å²) in [6.07, 6.45) is 6.45. The molecular formula is C18H32O. The number of hydrogen-bond acceptors (Lipinski definition) is 1. The quantitative estimate of drug-likeness (QED) is 0.739. The van der Waals surface area contributed by atoms with Crippen LogP contribution in [-0.2, 0) is 0 Å². The molecule has 0 amide bonds. The summed E-state index contributed by atoms with van der Waals surface area (Å²) in [4.78, 5) is 0. The lowest BCUT2D eigenvalue weighted by atomic mass is 9.58. The molecule has 3 fully saturated rings. The van der Waals surface area contributed by atoms with Crippen LogP contribution in [0.3, 0.4) is 0 Å². The highest BCUT2D eigenvalue weighted by Gasteiger charge is 2.63. The minimum absolute atomic E-state index is 0.0387. The molecule has 0 aromatic rings. The van der Waals surface area contributed by atoms with E-state index in [2.05, 4.69) is 34.6 Å². The van der Waals surface area contributed by atoms with E-state index in [9.17, 15) is 5.11 Å². The molecule has 3 aliphatic rings. The largest absolute Gasteiger partial charge is 0.393 e. The van der Waals surface area contributed by atoms with E-state index >= 15 is 0 Å². The van der Waals surface area contributed by atoms with Gasteiger partial charge in [0, 0.05) is 0 Å². The molecule has 0 unspecified atom stereocenters. The van der Waals surface area contributed by atoms with Gasteiger partial charge < -0.3 is 5.11 Å². The summed E-state index contributed by atoms with van der Waals surface area (Å²) in [5.74, 6) is 3.74. The zero-order chi connectivity index (χ0) is 14.0. The van der Waals surface area contributed by atoms with Crippen molar-refractivity contribution in [1.82, 2.24) is 0 Å². The van der Waals surface area contributed by atoms with Crippen molar-refractivity contribution in [2.24, 2.45) is 40.4 Å². The highest BCUT2D eigenvalue weighted by atomic mass is 16.3. The maximum atomic E-state index is 10.6. The molecule has 7 atom stereocenters. The summed E-state index contributed by atoms with van der Waals surface area (Å²) in [7, 11) is 0. The third-order valence-electron chi connectivity index (χ3n) is 8.10. The molecule has 0 heterocycles. The molecule has 0 aromatic heterocycles. The van der Waals surface area contributed by atoms with E-state index < -0.39 is 0 Å². The molecule has 19 heavy (non-hydrogen) atoms. The molecule has 3 saturated carbocycles. The van der Waals surface area contributed by atoms with Crippen molar-refractivity contribution in [1.29, 1.82) is 0 Å². The van der Waals surface area contributed by atoms with Gasteiger partial charge in [-0.2, -0.15) is 0 Å². The molecule has 0 aliphatic heterocycles. The van der Waals surface area contributed by atoms with E-state index in [4.69, 9.17) is 0 Å². The van der Waals surface area contributed by atoms with Crippen molar-refractivity contribution in [2.45, 2.75) is 72.8 Å². The van der Waals surface area contributed by atoms with Crippen LogP contribution in [0.15, 0.2) is 0 Å². The highest BCUT2D eigenvalue weighted by Crippen LogP contribution is 2.70. The van der Waals surface area contributed by atoms with Crippen LogP contribution in [0, 0.1) is 40.4 Å². The summed E-state index contributed by atoms with van der Waals surface area (Å²) >= 11 is 0. The van der Waals surface area contributed by atoms with Crippen LogP contribution in [0.5, 0.6) is 0 Å². The number of fused-ring (bicyclic) bond motifs is 2. The average Bonchev–Trinajstić information content (AvgIpc) is 2.66. The second kappa shape index (κ2) is 4.23. The molecular weight excluding hydrogens is 232 g/mol. The first-order valence-corrected chi connectivity index (χ1v) is 8.45. The van der Waals surface area contributed by atoms with Gasteiger partial charge in [-0.25, -0.2) is 0 Å². The van der Waals surface area contributed by atoms with Crippen LogP contribution >= 0.6 is 0 Å². The molecule has 0 spiro atoms. The van der Waals surface area contributed by atoms with Crippen LogP contribution in [0.25, 0.3) is 0 Å². The molecule has 110 valence electrons. The molecule has 3 rings (SSSR count). The van der Waals surface area contributed by atoms with Gasteiger partial charge in [0.2, 0.25) is 0 Å². The van der Waals surface area contributed by atoms with E-state index in [-0.39, 0.29) is 6.10 Å². The number of aliphatic hydroxyl groups is 1. The fraction of sp³-hybridized carbons (Fsp3) is 1.00. The third kappa shape index (κ3) is 1.76. The first-order chi connectivity index (χ1) is 8.77. The fourth-order valence-electron chi connectivity index (χ4n) is 5.95. The second-order valence-electron chi connectivity index (χ2n) is 8.87. The molecule has 0 saturated heterocycles. The van der Waals surface area contributed by atoms with Gasteiger partial charge in [0.05, 0.1) is 6.10 Å². The molecule has 1 heteroatoms. The summed E-state index contributed by atoms with van der Waals surface area (Å²) in [6.45, 7) is 12.2. The van der Waals surface area contributed by atoms with Crippen molar-refractivity contribution in [3.63, 3.8) is 0 Å². The Morgan fingerprint density at radius 2 is 1.58 bits per heavy atom. The Labute approximate surface area is 119 Å². The zero-order valence-corrected chi connectivity index (χ0v) is 13.4. The molecule has 1 nitrogen and oxygen atoms in total. The molecule has 0 radical (unpaired) electrons. The lowest BCUT2D eigenvalue weighted by Crippen LogP contribution is -2.44. The van der Waals surface area contributed by atoms with E-state index in [1.54, 1.807) is 0 Å². The summed E-state index contributed by atoms with van der Waals surface area (Å²) in [6, 6.07) is 0. The SMILES string of the molecule is C[C@@H]1C[C@H](O)[C@H]([C@@H]2C[C@H]3CC[C@@]2(C)C3(C)C)C[C@@H]1C. The maximum absolute atomic E-state index is 10.6. The Balaban J connectivity index is 1.84. The Hall–Kier alpha value is -0.0400. The second-order valence-corrected chi connectivity index (χ2v) is 8.87. The topological polar surface area (TPSA) is 20.2 Å². The highest BCUT2D eigenvalue weighted by molar-refractivity contribution is 5.12. The van der Waals surface area contributed by atoms with Crippen LogP contribution in [-0.4, -0.2) is 11.2 Å². The van der Waals surface area contributed by atoms with Crippen molar-refractivity contribution < 1.29 is 5.11 Å². The zero-order valence-electron chi connectivity index (χ0n) is 13.4. The minimum Gasteiger partial charge on any atom is -0.393 e. The first kappa shape index (κ1) is 13.9. The van der Waals surface area contributed by atoms with Gasteiger partial charge in [0.25, 0.3) is 0 Å². The van der Waals surface area contributed by atoms with Gasteiger partial charge in [0.15, 0.2) is 0 Å². The van der Waals surface area contributed by atoms with Crippen LogP contribution in [0.1, 0.15) is 66.7 Å². The Morgan fingerprint density at radius 3 is 2.11 bits per heavy atom. The maximum Gasteiger partial charge on any atom is 0.0574 e. The summed E-state index contributed by atoms with van der Waals surface area (Å²) in [5, 5.41) is 10.6. The first-order valence-electron chi connectivity index (χ1n) is 8.45. The van der Waals surface area contributed by atoms with Crippen molar-refractivity contribution in [3.8, 4) is 0 Å². The van der Waals surface area contributed by atoms with Gasteiger partial charge in [0.1, 0.15) is 0 Å². The third-order valence-corrected chi connectivity index (χ3v) is 8.10. The van der Waals surface area contributed by atoms with Gasteiger partial charge in [-0.05, 0) is 72.5 Å². The molecule has 3 aliphatic carbocycles. The fourth-order valence-corrected chi connectivity index (χ4v) is 5.95. The number of hydrogen-bond donors (Lipinski definition) is 1. The van der Waals surface area contributed by atoms with Crippen molar-refractivity contribution in [2.75, 3.05) is 0 Å². The summed E-state index contributed by atoms with van der Waals surface area (Å²) in [5.41, 5.74) is 0.966. The Morgan fingerprint density at radius 1 is 0.947 bits per heavy atom. The van der Waals surface area contributed by atoms with E-state index in [0.29, 0.717) is 22.7 Å². The molecule has 2 bridgehead atoms. The minimum atomic E-state index is -0.0387. The summed E-state index contributed by atoms with van der Waals surface area (Å²) < 4.78 is 0. The Bertz CT molecular complexity index is 361. The monoisotopic (exact) mass is 264 g/mol. The molecule has 0 aromatic carbocycles. The van der Waals surface area contributed by atoms with Gasteiger partial charge >= 0.3 is 0 Å².